The summed E-state index contributed by atoms with van der Waals surface area (Å²) in [4.78, 5) is 35.6. The molecule has 0 amide bonds. The van der Waals surface area contributed by atoms with E-state index in [1.54, 1.807) is 27.7 Å². The average Bonchev–Trinajstić information content (AvgIpc) is 2.48. The average molecular weight is 330 g/mol. The summed E-state index contributed by atoms with van der Waals surface area (Å²) in [6, 6.07) is 0. The minimum atomic E-state index is -0.989. The molecule has 0 aromatic carbocycles. The maximum atomic E-state index is 11.9. The first kappa shape index (κ1) is 20.5. The van der Waals surface area contributed by atoms with Crippen LogP contribution in [0.5, 0.6) is 0 Å². The van der Waals surface area contributed by atoms with Gasteiger partial charge in [-0.2, -0.15) is 0 Å². The van der Waals surface area contributed by atoms with Crippen molar-refractivity contribution in [1.82, 2.24) is 0 Å². The Morgan fingerprint density at radius 1 is 0.739 bits per heavy atom. The van der Waals surface area contributed by atoms with Crippen LogP contribution in [-0.4, -0.2) is 49.4 Å². The molecule has 0 aliphatic rings. The highest BCUT2D eigenvalue weighted by Gasteiger charge is 2.26. The van der Waals surface area contributed by atoms with Gasteiger partial charge in [0.05, 0.1) is 26.4 Å². The highest BCUT2D eigenvalue weighted by atomic mass is 16.6. The second-order valence-electron chi connectivity index (χ2n) is 3.87. The molecule has 0 unspecified atom stereocenters. The van der Waals surface area contributed by atoms with Crippen molar-refractivity contribution in [2.45, 2.75) is 27.7 Å². The van der Waals surface area contributed by atoms with E-state index in [1.165, 1.54) is 0 Å². The normalized spacial score (nSPS) is 11.0. The third kappa shape index (κ3) is 6.86. The van der Waals surface area contributed by atoms with Gasteiger partial charge in [0.15, 0.2) is 0 Å². The maximum Gasteiger partial charge on any atom is 0.345 e. The largest absolute Gasteiger partial charge is 0.480 e. The molecule has 130 valence electrons. The minimum Gasteiger partial charge on any atom is -0.480 e. The van der Waals surface area contributed by atoms with E-state index >= 15 is 0 Å². The molecule has 0 fully saturated rings. The summed E-state index contributed by atoms with van der Waals surface area (Å²) in [5.41, 5.74) is -1.03. The van der Waals surface area contributed by atoms with Crippen molar-refractivity contribution in [2.75, 3.05) is 26.4 Å². The van der Waals surface area contributed by atoms with Gasteiger partial charge >= 0.3 is 17.9 Å². The van der Waals surface area contributed by atoms with Gasteiger partial charge in [0.25, 0.3) is 5.95 Å². The Bertz CT molecular complexity index is 470. The van der Waals surface area contributed by atoms with E-state index in [0.717, 1.165) is 6.08 Å². The lowest BCUT2D eigenvalue weighted by Gasteiger charge is -2.10. The summed E-state index contributed by atoms with van der Waals surface area (Å²) in [7, 11) is 0. The van der Waals surface area contributed by atoms with Crippen molar-refractivity contribution >= 4 is 17.9 Å². The molecule has 8 nitrogen and oxygen atoms in total. The standard InChI is InChI=1S/C15H22O8/c1-5-20-12(16)10(13(17)21-6-2)9-11(14(18)22-7-3)15(19)23-8-4/h9,16H,5-8H2,1-4H3/b12-10+. The van der Waals surface area contributed by atoms with Crippen molar-refractivity contribution in [3.05, 3.63) is 23.2 Å². The summed E-state index contributed by atoms with van der Waals surface area (Å²) in [5, 5.41) is 9.79. The number of hydrogen-bond acceptors (Lipinski definition) is 8. The monoisotopic (exact) mass is 330 g/mol. The molecule has 0 aliphatic carbocycles. The van der Waals surface area contributed by atoms with Crippen molar-refractivity contribution in [3.63, 3.8) is 0 Å². The first-order chi connectivity index (χ1) is 10.9. The molecular formula is C15H22O8. The number of aliphatic hydroxyl groups is 1. The number of carbonyl (C=O) groups excluding carboxylic acids is 3. The first-order valence-electron chi connectivity index (χ1n) is 7.21. The number of rotatable bonds is 9. The van der Waals surface area contributed by atoms with Gasteiger partial charge in [-0.15, -0.1) is 0 Å². The third-order valence-electron chi connectivity index (χ3n) is 2.29. The van der Waals surface area contributed by atoms with Crippen LogP contribution in [0.25, 0.3) is 0 Å². The van der Waals surface area contributed by atoms with Crippen LogP contribution >= 0.6 is 0 Å². The Hall–Kier alpha value is -2.51. The Labute approximate surface area is 134 Å². The molecule has 0 heterocycles. The van der Waals surface area contributed by atoms with Gasteiger partial charge < -0.3 is 24.1 Å². The van der Waals surface area contributed by atoms with Gasteiger partial charge in [0.2, 0.25) is 0 Å². The fourth-order valence-corrected chi connectivity index (χ4v) is 1.39. The maximum absolute atomic E-state index is 11.9. The second-order valence-corrected chi connectivity index (χ2v) is 3.87. The van der Waals surface area contributed by atoms with Crippen LogP contribution in [0.3, 0.4) is 0 Å². The van der Waals surface area contributed by atoms with E-state index < -0.39 is 35.0 Å². The molecule has 0 bridgehead atoms. The van der Waals surface area contributed by atoms with Crippen molar-refractivity contribution in [3.8, 4) is 0 Å². The van der Waals surface area contributed by atoms with Gasteiger partial charge in [-0.3, -0.25) is 0 Å². The second kappa shape index (κ2) is 11.1. The Kier molecular flexibility index (Phi) is 9.90. The zero-order valence-electron chi connectivity index (χ0n) is 13.7. The SMILES string of the molecule is CCOC(=O)C(=C/C(C(=O)OCC)=C(/O)OCC)C(=O)OCC. The van der Waals surface area contributed by atoms with Crippen LogP contribution in [0.2, 0.25) is 0 Å². The van der Waals surface area contributed by atoms with Crippen LogP contribution in [0, 0.1) is 0 Å². The van der Waals surface area contributed by atoms with Crippen LogP contribution in [0.1, 0.15) is 27.7 Å². The molecule has 0 atom stereocenters. The molecule has 0 aromatic heterocycles. The fraction of sp³-hybridized carbons (Fsp3) is 0.533. The molecule has 0 aromatic rings. The minimum absolute atomic E-state index is 0.0193. The number of hydrogen-bond donors (Lipinski definition) is 1. The molecule has 8 heteroatoms. The summed E-state index contributed by atoms with van der Waals surface area (Å²) in [6.45, 7) is 6.40. The molecule has 0 rings (SSSR count). The molecule has 0 saturated heterocycles. The molecule has 0 spiro atoms. The lowest BCUT2D eigenvalue weighted by atomic mass is 10.1. The molecule has 1 N–H and O–H groups in total. The number of carbonyl (C=O) groups is 3. The predicted octanol–water partition coefficient (Wildman–Crippen LogP) is 1.41. The number of aliphatic hydroxyl groups excluding tert-OH is 1. The first-order valence-corrected chi connectivity index (χ1v) is 7.21. The molecule has 0 saturated carbocycles. The van der Waals surface area contributed by atoms with Crippen molar-refractivity contribution < 1.29 is 38.4 Å². The van der Waals surface area contributed by atoms with Crippen LogP contribution < -0.4 is 0 Å². The zero-order chi connectivity index (χ0) is 17.8. The quantitative estimate of drug-likeness (QED) is 0.129. The number of esters is 3. The van der Waals surface area contributed by atoms with E-state index in [0.29, 0.717) is 0 Å². The van der Waals surface area contributed by atoms with Gasteiger partial charge in [-0.25, -0.2) is 14.4 Å². The topological polar surface area (TPSA) is 108 Å². The van der Waals surface area contributed by atoms with Crippen LogP contribution in [0.4, 0.5) is 0 Å². The van der Waals surface area contributed by atoms with Crippen LogP contribution in [0.15, 0.2) is 23.2 Å². The molecule has 0 radical (unpaired) electrons. The van der Waals surface area contributed by atoms with E-state index in [1.807, 2.05) is 0 Å². The molecule has 0 aliphatic heterocycles. The van der Waals surface area contributed by atoms with E-state index in [9.17, 15) is 19.5 Å². The van der Waals surface area contributed by atoms with Gasteiger partial charge in [-0.1, -0.05) is 0 Å². The predicted molar refractivity (Wildman–Crippen MR) is 79.3 cm³/mol. The van der Waals surface area contributed by atoms with Crippen LogP contribution in [-0.2, 0) is 33.3 Å². The Morgan fingerprint density at radius 3 is 1.52 bits per heavy atom. The zero-order valence-corrected chi connectivity index (χ0v) is 13.7. The summed E-state index contributed by atoms with van der Waals surface area (Å²) in [5.74, 6) is -3.70. The molecule has 23 heavy (non-hydrogen) atoms. The highest BCUT2D eigenvalue weighted by Crippen LogP contribution is 2.13. The Morgan fingerprint density at radius 2 is 1.13 bits per heavy atom. The van der Waals surface area contributed by atoms with Gasteiger partial charge in [-0.05, 0) is 33.8 Å². The van der Waals surface area contributed by atoms with Gasteiger partial charge in [0, 0.05) is 0 Å². The summed E-state index contributed by atoms with van der Waals surface area (Å²) >= 11 is 0. The number of ether oxygens (including phenoxy) is 4. The van der Waals surface area contributed by atoms with E-state index in [-0.39, 0.29) is 26.4 Å². The third-order valence-corrected chi connectivity index (χ3v) is 2.29. The summed E-state index contributed by atoms with van der Waals surface area (Å²) < 4.78 is 19.1. The fourth-order valence-electron chi connectivity index (χ4n) is 1.39. The summed E-state index contributed by atoms with van der Waals surface area (Å²) in [6.07, 6.45) is 0.832. The molecular weight excluding hydrogens is 308 g/mol. The lowest BCUT2D eigenvalue weighted by molar-refractivity contribution is -0.146. The van der Waals surface area contributed by atoms with Crippen molar-refractivity contribution in [1.29, 1.82) is 0 Å². The highest BCUT2D eigenvalue weighted by molar-refractivity contribution is 6.15. The smallest absolute Gasteiger partial charge is 0.345 e. The lowest BCUT2D eigenvalue weighted by Crippen LogP contribution is -2.20. The van der Waals surface area contributed by atoms with Gasteiger partial charge in [0.1, 0.15) is 11.1 Å². The van der Waals surface area contributed by atoms with Crippen molar-refractivity contribution in [2.24, 2.45) is 0 Å². The Balaban J connectivity index is 5.89. The van der Waals surface area contributed by atoms with E-state index in [4.69, 9.17) is 18.9 Å². The van der Waals surface area contributed by atoms with E-state index in [2.05, 4.69) is 0 Å².